The topological polar surface area (TPSA) is 37.4 Å². The number of rotatable bonds is 3. The second-order valence-electron chi connectivity index (χ2n) is 4.63. The maximum Gasteiger partial charge on any atom is 0.223 e. The number of carbonyl (C=O) groups is 2. The normalized spacial score (nSPS) is 26.5. The smallest absolute Gasteiger partial charge is 0.223 e. The van der Waals surface area contributed by atoms with Crippen LogP contribution in [0.25, 0.3) is 0 Å². The van der Waals surface area contributed by atoms with E-state index in [9.17, 15) is 9.59 Å². The molecule has 15 heavy (non-hydrogen) atoms. The Morgan fingerprint density at radius 1 is 1.13 bits per heavy atom. The molecule has 1 rings (SSSR count). The minimum atomic E-state index is 0.0978. The molecule has 0 spiro atoms. The number of nitrogens with zero attached hydrogens (tertiary/aromatic N) is 1. The molecule has 0 radical (unpaired) electrons. The molecule has 0 aromatic heterocycles. The number of piperidine rings is 1. The molecule has 0 N–H and O–H groups in total. The van der Waals surface area contributed by atoms with Gasteiger partial charge in [-0.2, -0.15) is 0 Å². The van der Waals surface area contributed by atoms with E-state index in [1.54, 1.807) is 0 Å². The highest BCUT2D eigenvalue weighted by Gasteiger charge is 2.28. The summed E-state index contributed by atoms with van der Waals surface area (Å²) in [5.41, 5.74) is 0. The molecule has 1 aliphatic heterocycles. The molecule has 1 heterocycles. The Hall–Kier alpha value is -0.860. The zero-order chi connectivity index (χ0) is 11.4. The second kappa shape index (κ2) is 5.29. The summed E-state index contributed by atoms with van der Waals surface area (Å²) >= 11 is 0. The molecule has 0 aromatic rings. The van der Waals surface area contributed by atoms with Crippen molar-refractivity contribution < 1.29 is 9.59 Å². The minimum Gasteiger partial charge on any atom is -0.337 e. The van der Waals surface area contributed by atoms with Gasteiger partial charge in [0.05, 0.1) is 0 Å². The second-order valence-corrected chi connectivity index (χ2v) is 4.63. The Labute approximate surface area is 91.8 Å². The van der Waals surface area contributed by atoms with Gasteiger partial charge in [0.15, 0.2) is 0 Å². The maximum atomic E-state index is 11.9. The molecule has 0 saturated carbocycles. The predicted molar refractivity (Wildman–Crippen MR) is 59.5 cm³/mol. The SMILES string of the molecule is CC(=O)CCC(=O)N1C(C)CCCC1C. The van der Waals surface area contributed by atoms with Crippen LogP contribution in [0.4, 0.5) is 0 Å². The van der Waals surface area contributed by atoms with Crippen molar-refractivity contribution in [2.45, 2.75) is 65.0 Å². The Morgan fingerprint density at radius 3 is 2.13 bits per heavy atom. The van der Waals surface area contributed by atoms with Crippen molar-refractivity contribution in [3.63, 3.8) is 0 Å². The molecule has 1 saturated heterocycles. The molecule has 1 fully saturated rings. The molecule has 1 amide bonds. The van der Waals surface area contributed by atoms with Crippen LogP contribution < -0.4 is 0 Å². The molecular formula is C12H21NO2. The molecular weight excluding hydrogens is 190 g/mol. The Morgan fingerprint density at radius 2 is 1.67 bits per heavy atom. The molecule has 86 valence electrons. The molecule has 2 unspecified atom stereocenters. The van der Waals surface area contributed by atoms with E-state index in [1.165, 1.54) is 13.3 Å². The van der Waals surface area contributed by atoms with Gasteiger partial charge in [-0.1, -0.05) is 0 Å². The van der Waals surface area contributed by atoms with Crippen LogP contribution in [0, 0.1) is 0 Å². The van der Waals surface area contributed by atoms with Gasteiger partial charge in [0.1, 0.15) is 5.78 Å². The first kappa shape index (κ1) is 12.2. The number of ketones is 1. The van der Waals surface area contributed by atoms with E-state index in [0.29, 0.717) is 24.9 Å². The summed E-state index contributed by atoms with van der Waals surface area (Å²) in [5, 5.41) is 0. The maximum absolute atomic E-state index is 11.9. The quantitative estimate of drug-likeness (QED) is 0.717. The van der Waals surface area contributed by atoms with E-state index in [-0.39, 0.29) is 11.7 Å². The third kappa shape index (κ3) is 3.33. The van der Waals surface area contributed by atoms with Crippen LogP contribution in [0.2, 0.25) is 0 Å². The van der Waals surface area contributed by atoms with Crippen molar-refractivity contribution in [3.05, 3.63) is 0 Å². The van der Waals surface area contributed by atoms with Gasteiger partial charge in [0.2, 0.25) is 5.91 Å². The van der Waals surface area contributed by atoms with Crippen molar-refractivity contribution in [2.24, 2.45) is 0 Å². The van der Waals surface area contributed by atoms with Crippen LogP contribution in [0.15, 0.2) is 0 Å². The molecule has 0 aromatic carbocycles. The molecule has 3 heteroatoms. The number of hydrogen-bond acceptors (Lipinski definition) is 2. The van der Waals surface area contributed by atoms with Gasteiger partial charge in [-0.3, -0.25) is 4.79 Å². The van der Waals surface area contributed by atoms with E-state index >= 15 is 0 Å². The highest BCUT2D eigenvalue weighted by molar-refractivity contribution is 5.83. The molecule has 0 bridgehead atoms. The van der Waals surface area contributed by atoms with Crippen molar-refractivity contribution in [1.82, 2.24) is 4.90 Å². The summed E-state index contributed by atoms with van der Waals surface area (Å²) in [6.07, 6.45) is 4.16. The molecule has 0 aliphatic carbocycles. The molecule has 2 atom stereocenters. The first-order chi connectivity index (χ1) is 7.02. The van der Waals surface area contributed by atoms with E-state index in [2.05, 4.69) is 13.8 Å². The fourth-order valence-electron chi connectivity index (χ4n) is 2.32. The highest BCUT2D eigenvalue weighted by Crippen LogP contribution is 2.23. The monoisotopic (exact) mass is 211 g/mol. The van der Waals surface area contributed by atoms with Crippen molar-refractivity contribution in [3.8, 4) is 0 Å². The number of likely N-dealkylation sites (tertiary alicyclic amines) is 1. The zero-order valence-corrected chi connectivity index (χ0v) is 9.95. The summed E-state index contributed by atoms with van der Waals surface area (Å²) in [6.45, 7) is 5.74. The average molecular weight is 211 g/mol. The summed E-state index contributed by atoms with van der Waals surface area (Å²) in [5.74, 6) is 0.241. The predicted octanol–water partition coefficient (Wildman–Crippen LogP) is 2.15. The Kier molecular flexibility index (Phi) is 4.30. The van der Waals surface area contributed by atoms with E-state index in [0.717, 1.165) is 12.8 Å². The van der Waals surface area contributed by atoms with E-state index < -0.39 is 0 Å². The summed E-state index contributed by atoms with van der Waals surface area (Å²) in [7, 11) is 0. The van der Waals surface area contributed by atoms with Crippen LogP contribution in [-0.4, -0.2) is 28.7 Å². The molecule has 3 nitrogen and oxygen atoms in total. The standard InChI is InChI=1S/C12H21NO2/c1-9-5-4-6-10(2)13(9)12(15)8-7-11(3)14/h9-10H,4-8H2,1-3H3. The summed E-state index contributed by atoms with van der Waals surface area (Å²) in [6, 6.07) is 0.682. The average Bonchev–Trinajstić information content (AvgIpc) is 2.14. The van der Waals surface area contributed by atoms with Crippen molar-refractivity contribution >= 4 is 11.7 Å². The lowest BCUT2D eigenvalue weighted by Gasteiger charge is -2.39. The lowest BCUT2D eigenvalue weighted by molar-refractivity contribution is -0.138. The third-order valence-electron chi connectivity index (χ3n) is 3.17. The van der Waals surface area contributed by atoms with Crippen LogP contribution >= 0.6 is 0 Å². The fraction of sp³-hybridized carbons (Fsp3) is 0.833. The highest BCUT2D eigenvalue weighted by atomic mass is 16.2. The van der Waals surface area contributed by atoms with Crippen LogP contribution in [-0.2, 0) is 9.59 Å². The number of Topliss-reactive ketones (excluding diaryl/α,β-unsaturated/α-hetero) is 1. The van der Waals surface area contributed by atoms with Crippen molar-refractivity contribution in [2.75, 3.05) is 0 Å². The molecule has 1 aliphatic rings. The minimum absolute atomic E-state index is 0.0978. The Balaban J connectivity index is 2.51. The van der Waals surface area contributed by atoms with Crippen LogP contribution in [0.3, 0.4) is 0 Å². The first-order valence-corrected chi connectivity index (χ1v) is 5.83. The third-order valence-corrected chi connectivity index (χ3v) is 3.17. The Bertz CT molecular complexity index is 240. The number of hydrogen-bond donors (Lipinski definition) is 0. The summed E-state index contributed by atoms with van der Waals surface area (Å²) in [4.78, 5) is 24.7. The fourth-order valence-corrected chi connectivity index (χ4v) is 2.32. The van der Waals surface area contributed by atoms with Crippen LogP contribution in [0.1, 0.15) is 52.9 Å². The van der Waals surface area contributed by atoms with E-state index in [1.807, 2.05) is 4.90 Å². The van der Waals surface area contributed by atoms with Gasteiger partial charge < -0.3 is 9.69 Å². The van der Waals surface area contributed by atoms with Crippen molar-refractivity contribution in [1.29, 1.82) is 0 Å². The van der Waals surface area contributed by atoms with Gasteiger partial charge in [0, 0.05) is 24.9 Å². The number of carbonyl (C=O) groups excluding carboxylic acids is 2. The van der Waals surface area contributed by atoms with Gasteiger partial charge in [-0.25, -0.2) is 0 Å². The van der Waals surface area contributed by atoms with Gasteiger partial charge in [0.25, 0.3) is 0 Å². The lowest BCUT2D eigenvalue weighted by Crippen LogP contribution is -2.47. The van der Waals surface area contributed by atoms with Gasteiger partial charge >= 0.3 is 0 Å². The number of amides is 1. The zero-order valence-electron chi connectivity index (χ0n) is 9.95. The van der Waals surface area contributed by atoms with Gasteiger partial charge in [-0.15, -0.1) is 0 Å². The first-order valence-electron chi connectivity index (χ1n) is 5.83. The van der Waals surface area contributed by atoms with Crippen LogP contribution in [0.5, 0.6) is 0 Å². The largest absolute Gasteiger partial charge is 0.337 e. The summed E-state index contributed by atoms with van der Waals surface area (Å²) < 4.78 is 0. The lowest BCUT2D eigenvalue weighted by atomic mass is 9.97. The van der Waals surface area contributed by atoms with E-state index in [4.69, 9.17) is 0 Å². The van der Waals surface area contributed by atoms with Gasteiger partial charge in [-0.05, 0) is 40.0 Å².